The maximum atomic E-state index is 12.8. The number of rotatable bonds is 3. The van der Waals surface area contributed by atoms with E-state index in [0.717, 1.165) is 44.2 Å². The molecule has 0 bridgehead atoms. The summed E-state index contributed by atoms with van der Waals surface area (Å²) in [6.07, 6.45) is 7.37. The van der Waals surface area contributed by atoms with Gasteiger partial charge in [0.1, 0.15) is 6.10 Å². The molecule has 4 aliphatic rings. The largest absolute Gasteiger partial charge is 0.461 e. The zero-order chi connectivity index (χ0) is 20.9. The molecule has 0 spiro atoms. The lowest BCUT2D eigenvalue weighted by atomic mass is 9.59. The molecule has 0 unspecified atom stereocenters. The van der Waals surface area contributed by atoms with Gasteiger partial charge in [0.2, 0.25) is 0 Å². The van der Waals surface area contributed by atoms with Gasteiger partial charge in [0.05, 0.1) is 5.92 Å². The van der Waals surface area contributed by atoms with Crippen LogP contribution in [0.2, 0.25) is 5.02 Å². The number of hydrogen-bond acceptors (Lipinski definition) is 4. The summed E-state index contributed by atoms with van der Waals surface area (Å²) < 4.78 is 5.94. The first-order valence-corrected chi connectivity index (χ1v) is 12.0. The van der Waals surface area contributed by atoms with Gasteiger partial charge >= 0.3 is 5.97 Å². The van der Waals surface area contributed by atoms with Crippen molar-refractivity contribution in [1.82, 2.24) is 4.90 Å². The molecule has 2 saturated heterocycles. The van der Waals surface area contributed by atoms with E-state index in [1.165, 1.54) is 24.9 Å². The van der Waals surface area contributed by atoms with Gasteiger partial charge in [-0.3, -0.25) is 9.69 Å². The van der Waals surface area contributed by atoms with Crippen molar-refractivity contribution in [1.29, 1.82) is 0 Å². The van der Waals surface area contributed by atoms with Crippen LogP contribution in [0.25, 0.3) is 0 Å². The molecular formula is C25H33ClN2O2. The molecule has 2 heterocycles. The first kappa shape index (κ1) is 20.4. The van der Waals surface area contributed by atoms with E-state index < -0.39 is 0 Å². The van der Waals surface area contributed by atoms with Gasteiger partial charge in [0, 0.05) is 49.4 Å². The SMILES string of the molecule is C[C@@H]1CCC[C@@]2(C)C[C@H]3OC(=O)[C@H](CN4CCN(c5cccc(Cl)c5)CC4)[C@@H]3C=C12. The normalized spacial score (nSPS) is 36.7. The van der Waals surface area contributed by atoms with Gasteiger partial charge in [-0.2, -0.15) is 0 Å². The Kier molecular flexibility index (Phi) is 5.35. The molecule has 0 radical (unpaired) electrons. The minimum absolute atomic E-state index is 0.0149. The molecule has 30 heavy (non-hydrogen) atoms. The number of hydrogen-bond donors (Lipinski definition) is 0. The monoisotopic (exact) mass is 428 g/mol. The fourth-order valence-corrected chi connectivity index (χ4v) is 6.58. The van der Waals surface area contributed by atoms with E-state index in [1.807, 2.05) is 18.2 Å². The second-order valence-electron chi connectivity index (χ2n) is 10.1. The molecule has 5 rings (SSSR count). The highest BCUT2D eigenvalue weighted by Gasteiger charge is 2.52. The Bertz CT molecular complexity index is 847. The third kappa shape index (κ3) is 3.67. The van der Waals surface area contributed by atoms with Crippen LogP contribution >= 0.6 is 11.6 Å². The number of carbonyl (C=O) groups is 1. The van der Waals surface area contributed by atoms with Crippen molar-refractivity contribution < 1.29 is 9.53 Å². The van der Waals surface area contributed by atoms with Crippen LogP contribution < -0.4 is 4.90 Å². The molecule has 1 aromatic rings. The Morgan fingerprint density at radius 3 is 2.80 bits per heavy atom. The molecule has 2 aliphatic heterocycles. The number of fused-ring (bicyclic) bond motifs is 2. The van der Waals surface area contributed by atoms with Crippen molar-refractivity contribution in [2.45, 2.75) is 45.6 Å². The summed E-state index contributed by atoms with van der Waals surface area (Å²) in [6, 6.07) is 8.08. The maximum Gasteiger partial charge on any atom is 0.311 e. The Hall–Kier alpha value is -1.52. The number of halogens is 1. The molecule has 0 N–H and O–H groups in total. The van der Waals surface area contributed by atoms with Crippen LogP contribution in [0.3, 0.4) is 0 Å². The lowest BCUT2D eigenvalue weighted by Crippen LogP contribution is -2.49. The minimum Gasteiger partial charge on any atom is -0.461 e. The van der Waals surface area contributed by atoms with Crippen molar-refractivity contribution >= 4 is 23.3 Å². The van der Waals surface area contributed by atoms with Gasteiger partial charge in [-0.15, -0.1) is 0 Å². The van der Waals surface area contributed by atoms with E-state index in [0.29, 0.717) is 5.92 Å². The van der Waals surface area contributed by atoms with E-state index in [9.17, 15) is 4.79 Å². The predicted octanol–water partition coefficient (Wildman–Crippen LogP) is 4.78. The highest BCUT2D eigenvalue weighted by Crippen LogP contribution is 2.54. The molecule has 4 nitrogen and oxygen atoms in total. The van der Waals surface area contributed by atoms with Crippen molar-refractivity contribution in [3.8, 4) is 0 Å². The predicted molar refractivity (Wildman–Crippen MR) is 121 cm³/mol. The number of ether oxygens (including phenoxy) is 1. The second-order valence-corrected chi connectivity index (χ2v) is 10.5. The van der Waals surface area contributed by atoms with E-state index >= 15 is 0 Å². The molecule has 2 aliphatic carbocycles. The number of allylic oxidation sites excluding steroid dienone is 1. The van der Waals surface area contributed by atoms with E-state index in [-0.39, 0.29) is 29.3 Å². The summed E-state index contributed by atoms with van der Waals surface area (Å²) >= 11 is 6.16. The Morgan fingerprint density at radius 2 is 2.03 bits per heavy atom. The highest BCUT2D eigenvalue weighted by atomic mass is 35.5. The van der Waals surface area contributed by atoms with Gasteiger partial charge in [-0.25, -0.2) is 0 Å². The van der Waals surface area contributed by atoms with Crippen LogP contribution in [0.1, 0.15) is 39.5 Å². The third-order valence-corrected chi connectivity index (χ3v) is 8.32. The van der Waals surface area contributed by atoms with Crippen molar-refractivity contribution in [2.24, 2.45) is 23.2 Å². The Balaban J connectivity index is 1.26. The lowest BCUT2D eigenvalue weighted by Gasteiger charge is -2.46. The van der Waals surface area contributed by atoms with Crippen LogP contribution in [-0.4, -0.2) is 49.7 Å². The van der Waals surface area contributed by atoms with E-state index in [2.05, 4.69) is 35.8 Å². The number of carbonyl (C=O) groups excluding carboxylic acids is 1. The molecule has 0 aromatic heterocycles. The standard InChI is InChI=1S/C25H33ClN2O2/c1-17-5-4-8-25(2)15-23-20(14-22(17)25)21(24(29)30-23)16-27-9-11-28(12-10-27)19-7-3-6-18(26)13-19/h3,6-7,13-14,17,20-21,23H,4-5,8-12,15-16H2,1-2H3/t17-,20+,21-,23-,25+/m1/s1. The lowest BCUT2D eigenvalue weighted by molar-refractivity contribution is -0.145. The summed E-state index contributed by atoms with van der Waals surface area (Å²) in [5.41, 5.74) is 3.02. The number of anilines is 1. The van der Waals surface area contributed by atoms with Crippen LogP contribution in [-0.2, 0) is 9.53 Å². The summed E-state index contributed by atoms with van der Waals surface area (Å²) in [5, 5.41) is 0.781. The maximum absolute atomic E-state index is 12.8. The topological polar surface area (TPSA) is 32.8 Å². The van der Waals surface area contributed by atoms with Gasteiger partial charge in [0.15, 0.2) is 0 Å². The molecule has 162 valence electrons. The highest BCUT2D eigenvalue weighted by molar-refractivity contribution is 6.30. The Morgan fingerprint density at radius 1 is 1.23 bits per heavy atom. The first-order valence-electron chi connectivity index (χ1n) is 11.6. The molecule has 5 heteroatoms. The smallest absolute Gasteiger partial charge is 0.311 e. The molecule has 0 amide bonds. The van der Waals surface area contributed by atoms with E-state index in [4.69, 9.17) is 16.3 Å². The molecule has 1 saturated carbocycles. The zero-order valence-corrected chi connectivity index (χ0v) is 18.9. The van der Waals surface area contributed by atoms with Crippen molar-refractivity contribution in [3.63, 3.8) is 0 Å². The average molecular weight is 429 g/mol. The van der Waals surface area contributed by atoms with Crippen LogP contribution in [0.15, 0.2) is 35.9 Å². The van der Waals surface area contributed by atoms with Gasteiger partial charge in [-0.1, -0.05) is 49.6 Å². The summed E-state index contributed by atoms with van der Waals surface area (Å²) in [5.74, 6) is 0.905. The van der Waals surface area contributed by atoms with Gasteiger partial charge in [-0.05, 0) is 48.8 Å². The number of nitrogens with zero attached hydrogens (tertiary/aromatic N) is 2. The second kappa shape index (κ2) is 7.87. The Labute approximate surface area is 185 Å². The molecule has 5 atom stereocenters. The van der Waals surface area contributed by atoms with Gasteiger partial charge < -0.3 is 9.64 Å². The number of piperazine rings is 1. The van der Waals surface area contributed by atoms with Crippen LogP contribution in [0.4, 0.5) is 5.69 Å². The summed E-state index contributed by atoms with van der Waals surface area (Å²) in [4.78, 5) is 17.7. The van der Waals surface area contributed by atoms with Crippen LogP contribution in [0.5, 0.6) is 0 Å². The quantitative estimate of drug-likeness (QED) is 0.512. The molecular weight excluding hydrogens is 396 g/mol. The fourth-order valence-electron chi connectivity index (χ4n) is 6.40. The minimum atomic E-state index is -0.0149. The van der Waals surface area contributed by atoms with Crippen molar-refractivity contribution in [2.75, 3.05) is 37.6 Å². The van der Waals surface area contributed by atoms with Crippen LogP contribution in [0, 0.1) is 23.2 Å². The summed E-state index contributed by atoms with van der Waals surface area (Å²) in [6.45, 7) is 9.44. The third-order valence-electron chi connectivity index (χ3n) is 8.08. The fraction of sp³-hybridized carbons (Fsp3) is 0.640. The van der Waals surface area contributed by atoms with Crippen molar-refractivity contribution in [3.05, 3.63) is 40.9 Å². The van der Waals surface area contributed by atoms with Gasteiger partial charge in [0.25, 0.3) is 0 Å². The van der Waals surface area contributed by atoms with E-state index in [1.54, 1.807) is 5.57 Å². The zero-order valence-electron chi connectivity index (χ0n) is 18.1. The first-order chi connectivity index (χ1) is 14.4. The summed E-state index contributed by atoms with van der Waals surface area (Å²) in [7, 11) is 0. The number of benzene rings is 1. The molecule has 1 aromatic carbocycles. The molecule has 3 fully saturated rings. The average Bonchev–Trinajstić information content (AvgIpc) is 3.01. The number of esters is 1.